The van der Waals surface area contributed by atoms with Gasteiger partial charge in [0.1, 0.15) is 18.8 Å². The summed E-state index contributed by atoms with van der Waals surface area (Å²) in [7, 11) is 1.45. The number of piperazine rings is 1. The number of amides is 5. The number of anilines is 2. The van der Waals surface area contributed by atoms with Crippen molar-refractivity contribution in [3.63, 3.8) is 0 Å². The van der Waals surface area contributed by atoms with Crippen LogP contribution >= 0.6 is 11.3 Å². The molecule has 5 rings (SSSR count). The number of carbonyl (C=O) groups is 4. The van der Waals surface area contributed by atoms with Gasteiger partial charge in [0.25, 0.3) is 0 Å². The zero-order valence-corrected chi connectivity index (χ0v) is 22.4. The molecule has 0 unspecified atom stereocenters. The highest BCUT2D eigenvalue weighted by Gasteiger charge is 2.52. The van der Waals surface area contributed by atoms with Gasteiger partial charge in [-0.1, -0.05) is 35.6 Å². The molecule has 0 radical (unpaired) electrons. The van der Waals surface area contributed by atoms with Crippen LogP contribution in [0.2, 0.25) is 0 Å². The summed E-state index contributed by atoms with van der Waals surface area (Å²) >= 11 is 1.36. The number of hydrogen-bond acceptors (Lipinski definition) is 9. The van der Waals surface area contributed by atoms with Crippen molar-refractivity contribution in [3.8, 4) is 6.07 Å². The van der Waals surface area contributed by atoms with Crippen LogP contribution in [0, 0.1) is 11.3 Å². The maximum atomic E-state index is 14.0. The monoisotopic (exact) mass is 561 g/mol. The zero-order valence-electron chi connectivity index (χ0n) is 21.6. The molecule has 5 amide bonds. The lowest BCUT2D eigenvalue weighted by Crippen LogP contribution is -2.66. The number of hydrazine groups is 1. The molecule has 0 saturated carbocycles. The van der Waals surface area contributed by atoms with Crippen molar-refractivity contribution in [2.75, 3.05) is 37.7 Å². The third kappa shape index (κ3) is 4.99. The van der Waals surface area contributed by atoms with Crippen molar-refractivity contribution in [3.05, 3.63) is 53.6 Å². The van der Waals surface area contributed by atoms with Crippen LogP contribution in [-0.4, -0.2) is 87.9 Å². The Labute approximate surface area is 233 Å². The number of nitrogens with two attached hydrogens (primary N) is 1. The number of nitriles is 1. The minimum Gasteiger partial charge on any atom is -0.375 e. The van der Waals surface area contributed by atoms with Crippen LogP contribution in [0.1, 0.15) is 11.1 Å². The van der Waals surface area contributed by atoms with Gasteiger partial charge in [-0.15, -0.1) is 0 Å². The van der Waals surface area contributed by atoms with Gasteiger partial charge in [-0.2, -0.15) is 10.3 Å². The van der Waals surface area contributed by atoms with Gasteiger partial charge in [0, 0.05) is 25.7 Å². The maximum Gasteiger partial charge on any atom is 0.332 e. The molecule has 0 aliphatic carbocycles. The quantitative estimate of drug-likeness (QED) is 0.270. The lowest BCUT2D eigenvalue weighted by Gasteiger charge is -2.46. The number of nitrogen functional groups attached to an aromatic ring is 1. The van der Waals surface area contributed by atoms with Gasteiger partial charge < -0.3 is 26.2 Å². The Morgan fingerprint density at radius 2 is 2.05 bits per heavy atom. The fraction of sp³-hybridized carbons (Fsp3) is 0.308. The smallest absolute Gasteiger partial charge is 0.332 e. The van der Waals surface area contributed by atoms with E-state index in [1.165, 1.54) is 28.3 Å². The number of para-hydroxylation sites is 1. The van der Waals surface area contributed by atoms with E-state index in [4.69, 9.17) is 5.73 Å². The van der Waals surface area contributed by atoms with Gasteiger partial charge in [0.05, 0.1) is 29.4 Å². The maximum absolute atomic E-state index is 14.0. The van der Waals surface area contributed by atoms with Crippen LogP contribution in [0.25, 0.3) is 10.2 Å². The van der Waals surface area contributed by atoms with E-state index in [1.807, 2.05) is 24.3 Å². The highest BCUT2D eigenvalue weighted by molar-refractivity contribution is 7.22. The standard InChI is InChI=1S/C26H27N9O4S/c1-29-26(39)33(10-9-27)34-14-22(37)35-19(11-16-5-7-18(8-6-16)30-15-36)24(38)32(13-21(34)35)12-17-3-2-4-20-23(17)31-25(28)40-20/h2-8,15,19,21H,10-14H2,1H3,(H2,28,31)(H,29,39)(H,30,36)/t19-,21+/m0/s1. The largest absolute Gasteiger partial charge is 0.375 e. The van der Waals surface area contributed by atoms with Crippen LogP contribution in [0.4, 0.5) is 15.6 Å². The van der Waals surface area contributed by atoms with Gasteiger partial charge >= 0.3 is 6.03 Å². The highest BCUT2D eigenvalue weighted by Crippen LogP contribution is 2.32. The van der Waals surface area contributed by atoms with Crippen molar-refractivity contribution in [2.45, 2.75) is 25.2 Å². The molecule has 206 valence electrons. The Hall–Kier alpha value is -4.74. The van der Waals surface area contributed by atoms with Crippen LogP contribution in [0.3, 0.4) is 0 Å². The summed E-state index contributed by atoms with van der Waals surface area (Å²) in [4.78, 5) is 58.4. The Bertz CT molecular complexity index is 1500. The summed E-state index contributed by atoms with van der Waals surface area (Å²) in [5.41, 5.74) is 8.86. The lowest BCUT2D eigenvalue weighted by molar-refractivity contribution is -0.157. The Kier molecular flexibility index (Phi) is 7.50. The van der Waals surface area contributed by atoms with E-state index < -0.39 is 18.2 Å². The fourth-order valence-corrected chi connectivity index (χ4v) is 6.03. The summed E-state index contributed by atoms with van der Waals surface area (Å²) in [6.45, 7) is -0.0723. The lowest BCUT2D eigenvalue weighted by atomic mass is 9.99. The van der Waals surface area contributed by atoms with Crippen molar-refractivity contribution in [2.24, 2.45) is 0 Å². The van der Waals surface area contributed by atoms with Crippen molar-refractivity contribution < 1.29 is 19.2 Å². The number of rotatable bonds is 8. The summed E-state index contributed by atoms with van der Waals surface area (Å²) < 4.78 is 0.902. The van der Waals surface area contributed by atoms with E-state index >= 15 is 0 Å². The summed E-state index contributed by atoms with van der Waals surface area (Å²) in [6.07, 6.45) is 0.130. The number of aromatic nitrogens is 1. The third-order valence-electron chi connectivity index (χ3n) is 7.03. The second kappa shape index (κ2) is 11.2. The number of benzene rings is 2. The molecule has 14 heteroatoms. The molecule has 3 heterocycles. The molecule has 0 spiro atoms. The van der Waals surface area contributed by atoms with Gasteiger partial charge in [-0.3, -0.25) is 14.4 Å². The third-order valence-corrected chi connectivity index (χ3v) is 7.88. The molecule has 2 saturated heterocycles. The molecule has 4 N–H and O–H groups in total. The van der Waals surface area contributed by atoms with Crippen molar-refractivity contribution in [1.29, 1.82) is 5.26 Å². The van der Waals surface area contributed by atoms with Crippen molar-refractivity contribution >= 4 is 56.6 Å². The first-order valence-electron chi connectivity index (χ1n) is 12.5. The van der Waals surface area contributed by atoms with Crippen LogP contribution < -0.4 is 16.4 Å². The number of hydrogen-bond donors (Lipinski definition) is 3. The summed E-state index contributed by atoms with van der Waals surface area (Å²) in [5, 5.41) is 17.7. The fourth-order valence-electron chi connectivity index (χ4n) is 5.25. The summed E-state index contributed by atoms with van der Waals surface area (Å²) in [5.74, 6) is -0.558. The number of nitrogens with zero attached hydrogens (tertiary/aromatic N) is 6. The zero-order chi connectivity index (χ0) is 28.4. The SMILES string of the molecule is CNC(=O)N(CC#N)N1CC(=O)N2[C@@H](Cc3ccc(NC=O)cc3)C(=O)N(Cc3cccc4sc(N)nc34)C[C@@H]21. The normalized spacial score (nSPS) is 18.9. The second-order valence-corrected chi connectivity index (χ2v) is 10.4. The first-order chi connectivity index (χ1) is 19.3. The molecule has 13 nitrogen and oxygen atoms in total. The molecule has 3 aromatic rings. The number of fused-ring (bicyclic) bond motifs is 2. The average Bonchev–Trinajstić information content (AvgIpc) is 3.49. The first-order valence-corrected chi connectivity index (χ1v) is 13.3. The van der Waals surface area contributed by atoms with Gasteiger partial charge in [0.15, 0.2) is 5.13 Å². The predicted molar refractivity (Wildman–Crippen MR) is 147 cm³/mol. The van der Waals surface area contributed by atoms with E-state index in [0.29, 0.717) is 22.7 Å². The van der Waals surface area contributed by atoms with Gasteiger partial charge in [0.2, 0.25) is 18.2 Å². The Morgan fingerprint density at radius 3 is 2.75 bits per heavy atom. The molecule has 1 aromatic heterocycles. The highest BCUT2D eigenvalue weighted by atomic mass is 32.1. The molecular formula is C26H27N9O4S. The predicted octanol–water partition coefficient (Wildman–Crippen LogP) is 0.951. The van der Waals surface area contributed by atoms with E-state index in [9.17, 15) is 24.4 Å². The molecule has 2 atom stereocenters. The topological polar surface area (TPSA) is 168 Å². The molecule has 40 heavy (non-hydrogen) atoms. The van der Waals surface area contributed by atoms with E-state index in [2.05, 4.69) is 15.6 Å². The van der Waals surface area contributed by atoms with Crippen LogP contribution in [0.5, 0.6) is 0 Å². The van der Waals surface area contributed by atoms with Crippen LogP contribution in [-0.2, 0) is 27.3 Å². The number of urea groups is 1. The number of nitrogens with one attached hydrogen (secondary N) is 2. The Balaban J connectivity index is 1.51. The second-order valence-electron chi connectivity index (χ2n) is 9.36. The molecule has 2 fully saturated rings. The molecule has 0 bridgehead atoms. The average molecular weight is 562 g/mol. The number of thiazole rings is 1. The van der Waals surface area contributed by atoms with Crippen molar-refractivity contribution in [1.82, 2.24) is 30.1 Å². The first kappa shape index (κ1) is 26.9. The summed E-state index contributed by atoms with van der Waals surface area (Å²) in [6, 6.07) is 13.3. The van der Waals surface area contributed by atoms with E-state index in [0.717, 1.165) is 15.8 Å². The number of carbonyl (C=O) groups excluding carboxylic acids is 4. The molecule has 2 aliphatic rings. The van der Waals surface area contributed by atoms with Crippen LogP contribution in [0.15, 0.2) is 42.5 Å². The van der Waals surface area contributed by atoms with Gasteiger partial charge in [-0.25, -0.2) is 14.8 Å². The molecule has 2 aliphatic heterocycles. The van der Waals surface area contributed by atoms with E-state index in [1.54, 1.807) is 34.2 Å². The van der Waals surface area contributed by atoms with E-state index in [-0.39, 0.29) is 44.4 Å². The Morgan fingerprint density at radius 1 is 1.27 bits per heavy atom. The molecular weight excluding hydrogens is 534 g/mol. The van der Waals surface area contributed by atoms with Gasteiger partial charge in [-0.05, 0) is 29.3 Å². The minimum absolute atomic E-state index is 0.123. The molecule has 2 aromatic carbocycles. The minimum atomic E-state index is -0.852.